The van der Waals surface area contributed by atoms with E-state index >= 15 is 0 Å². The molecule has 114 valence electrons. The van der Waals surface area contributed by atoms with Crippen LogP contribution in [-0.2, 0) is 18.5 Å². The molecule has 1 aliphatic rings. The van der Waals surface area contributed by atoms with E-state index in [1.807, 2.05) is 0 Å². The van der Waals surface area contributed by atoms with Gasteiger partial charge < -0.3 is 0 Å². The van der Waals surface area contributed by atoms with Crippen LogP contribution in [0.2, 0.25) is 0 Å². The van der Waals surface area contributed by atoms with Gasteiger partial charge in [0.1, 0.15) is 5.78 Å². The highest BCUT2D eigenvalue weighted by Crippen LogP contribution is 2.56. The molecule has 19 heavy (non-hydrogen) atoms. The molecule has 0 aromatic rings. The Labute approximate surface area is 112 Å². The number of hydrogen-bond acceptors (Lipinski definition) is 4. The summed E-state index contributed by atoms with van der Waals surface area (Å²) in [6, 6.07) is 0. The number of alkyl halides is 3. The summed E-state index contributed by atoms with van der Waals surface area (Å²) in [5, 5.41) is 0. The number of hydrogen-bond donors (Lipinski definition) is 0. The fourth-order valence-corrected chi connectivity index (χ4v) is 7.18. The first-order valence-electron chi connectivity index (χ1n) is 5.92. The molecule has 0 N–H and O–H groups in total. The van der Waals surface area contributed by atoms with E-state index in [-0.39, 0.29) is 29.5 Å². The molecule has 0 atom stereocenters. The van der Waals surface area contributed by atoms with Crippen molar-refractivity contribution in [3.63, 3.8) is 0 Å². The Balaban J connectivity index is 2.95. The van der Waals surface area contributed by atoms with Crippen LogP contribution in [0.4, 0.5) is 13.2 Å². The summed E-state index contributed by atoms with van der Waals surface area (Å²) in [4.78, 5) is 11.5. The zero-order valence-corrected chi connectivity index (χ0v) is 12.2. The average molecular weight is 322 g/mol. The Kier molecular flexibility index (Phi) is 5.30. The van der Waals surface area contributed by atoms with Crippen LogP contribution in [0.5, 0.6) is 0 Å². The van der Waals surface area contributed by atoms with E-state index in [0.29, 0.717) is 12.8 Å². The highest BCUT2D eigenvalue weighted by Gasteiger charge is 2.51. The normalized spacial score (nSPS) is 21.9. The van der Waals surface area contributed by atoms with Crippen LogP contribution < -0.4 is 0 Å². The van der Waals surface area contributed by atoms with Gasteiger partial charge in [-0.3, -0.25) is 4.79 Å². The van der Waals surface area contributed by atoms with Crippen molar-refractivity contribution in [2.75, 3.05) is 17.3 Å². The van der Waals surface area contributed by atoms with Crippen LogP contribution in [0, 0.1) is 0 Å². The van der Waals surface area contributed by atoms with Crippen molar-refractivity contribution in [1.29, 1.82) is 0 Å². The van der Waals surface area contributed by atoms with Gasteiger partial charge in [0.25, 0.3) is 0 Å². The topological polar surface area (TPSA) is 60.4 Å². The third-order valence-corrected chi connectivity index (χ3v) is 8.22. The quantitative estimate of drug-likeness (QED) is 0.730. The lowest BCUT2D eigenvalue weighted by molar-refractivity contribution is -0.116. The van der Waals surface area contributed by atoms with E-state index in [9.17, 15) is 26.4 Å². The minimum Gasteiger partial charge on any atom is -0.299 e. The molecule has 0 spiro atoms. The predicted molar refractivity (Wildman–Crippen MR) is 67.4 cm³/mol. The van der Waals surface area contributed by atoms with Gasteiger partial charge in [0.05, 0.1) is 5.75 Å². The molecule has 0 saturated carbocycles. The monoisotopic (exact) mass is 322 g/mol. The molecule has 1 heterocycles. The number of carbonyl (C=O) groups is 1. The Morgan fingerprint density at radius 3 is 2.16 bits per heavy atom. The van der Waals surface area contributed by atoms with Gasteiger partial charge in [-0.25, -0.2) is 3.63 Å². The van der Waals surface area contributed by atoms with E-state index in [1.165, 1.54) is 0 Å². The van der Waals surface area contributed by atoms with Crippen molar-refractivity contribution in [2.24, 2.45) is 0 Å². The minimum atomic E-state index is -5.62. The predicted octanol–water partition coefficient (Wildman–Crippen LogP) is 2.74. The molecule has 1 fully saturated rings. The maximum Gasteiger partial charge on any atom is 0.523 e. The average Bonchev–Trinajstić information content (AvgIpc) is 2.27. The van der Waals surface area contributed by atoms with Crippen LogP contribution >= 0.6 is 10.3 Å². The van der Waals surface area contributed by atoms with Crippen molar-refractivity contribution in [2.45, 2.75) is 38.1 Å². The molecule has 0 unspecified atom stereocenters. The molecule has 0 aromatic carbocycles. The van der Waals surface area contributed by atoms with Crippen LogP contribution in [-0.4, -0.2) is 37.0 Å². The number of Topliss-reactive ketones (excluding diaryl/α,β-unsaturated/α-hetero) is 1. The molecule has 0 amide bonds. The van der Waals surface area contributed by atoms with Gasteiger partial charge in [-0.1, -0.05) is 13.3 Å². The molecular formula is C10H17F3O4S2. The lowest BCUT2D eigenvalue weighted by atomic mass is 10.3. The molecule has 0 bridgehead atoms. The lowest BCUT2D eigenvalue weighted by Gasteiger charge is -2.40. The summed E-state index contributed by atoms with van der Waals surface area (Å²) in [5.41, 5.74) is -5.43. The first-order chi connectivity index (χ1) is 8.62. The first-order valence-corrected chi connectivity index (χ1v) is 9.40. The van der Waals surface area contributed by atoms with Crippen LogP contribution in [0.1, 0.15) is 32.6 Å². The maximum atomic E-state index is 12.4. The van der Waals surface area contributed by atoms with Crippen LogP contribution in [0.25, 0.3) is 0 Å². The summed E-state index contributed by atoms with van der Waals surface area (Å²) < 4.78 is 64.0. The maximum absolute atomic E-state index is 12.4. The van der Waals surface area contributed by atoms with Crippen molar-refractivity contribution in [3.8, 4) is 0 Å². The van der Waals surface area contributed by atoms with E-state index in [4.69, 9.17) is 0 Å². The van der Waals surface area contributed by atoms with Gasteiger partial charge in [0, 0.05) is 17.9 Å². The van der Waals surface area contributed by atoms with Crippen LogP contribution in [0.15, 0.2) is 0 Å². The Morgan fingerprint density at radius 1 is 1.21 bits per heavy atom. The molecule has 0 radical (unpaired) electrons. The SMILES string of the molecule is CCC(=O)CS1(OS(=O)(=O)C(F)(F)F)CCCCC1. The second kappa shape index (κ2) is 6.01. The van der Waals surface area contributed by atoms with Crippen molar-refractivity contribution in [1.82, 2.24) is 0 Å². The zero-order chi connectivity index (χ0) is 14.7. The minimum absolute atomic E-state index is 0.171. The second-order valence-electron chi connectivity index (χ2n) is 4.44. The van der Waals surface area contributed by atoms with Crippen molar-refractivity contribution >= 4 is 26.2 Å². The fourth-order valence-electron chi connectivity index (χ4n) is 1.87. The van der Waals surface area contributed by atoms with Crippen LogP contribution in [0.3, 0.4) is 0 Å². The summed E-state index contributed by atoms with van der Waals surface area (Å²) in [7, 11) is -8.13. The fraction of sp³-hybridized carbons (Fsp3) is 0.900. The third kappa shape index (κ3) is 4.35. The number of rotatable bonds is 5. The van der Waals surface area contributed by atoms with Gasteiger partial charge in [-0.05, 0) is 12.8 Å². The van der Waals surface area contributed by atoms with E-state index < -0.39 is 25.9 Å². The molecule has 1 rings (SSSR count). The van der Waals surface area contributed by atoms with Gasteiger partial charge in [0.2, 0.25) is 0 Å². The number of carbonyl (C=O) groups excluding carboxylic acids is 1. The standard InChI is InChI=1S/C10H17F3O4S2/c1-2-9(14)8-18(6-4-3-5-7-18)17-19(15,16)10(11,12)13/h2-8H2,1H3. The highest BCUT2D eigenvalue weighted by molar-refractivity contribution is 8.33. The third-order valence-electron chi connectivity index (χ3n) is 2.87. The zero-order valence-electron chi connectivity index (χ0n) is 10.5. The molecule has 9 heteroatoms. The highest BCUT2D eigenvalue weighted by atomic mass is 32.3. The Morgan fingerprint density at radius 2 is 1.74 bits per heavy atom. The van der Waals surface area contributed by atoms with Gasteiger partial charge in [-0.2, -0.15) is 21.6 Å². The van der Waals surface area contributed by atoms with E-state index in [2.05, 4.69) is 3.63 Å². The first kappa shape index (κ1) is 16.8. The van der Waals surface area contributed by atoms with Gasteiger partial charge in [-0.15, -0.1) is 10.3 Å². The summed E-state index contributed by atoms with van der Waals surface area (Å²) in [6.07, 6.45) is 2.19. The molecule has 4 nitrogen and oxygen atoms in total. The number of ketones is 1. The smallest absolute Gasteiger partial charge is 0.299 e. The van der Waals surface area contributed by atoms with Gasteiger partial charge in [0.15, 0.2) is 0 Å². The molecular weight excluding hydrogens is 305 g/mol. The molecule has 0 aliphatic carbocycles. The van der Waals surface area contributed by atoms with Crippen molar-refractivity contribution in [3.05, 3.63) is 0 Å². The number of halogens is 3. The van der Waals surface area contributed by atoms with E-state index in [1.54, 1.807) is 6.92 Å². The molecule has 0 aromatic heterocycles. The second-order valence-corrected chi connectivity index (χ2v) is 9.39. The molecule has 1 saturated heterocycles. The largest absolute Gasteiger partial charge is 0.523 e. The Hall–Kier alpha value is -0.280. The van der Waals surface area contributed by atoms with E-state index in [0.717, 1.165) is 6.42 Å². The molecule has 1 aliphatic heterocycles. The summed E-state index contributed by atoms with van der Waals surface area (Å²) in [5.74, 6) is 0.0373. The summed E-state index contributed by atoms with van der Waals surface area (Å²) in [6.45, 7) is 1.59. The summed E-state index contributed by atoms with van der Waals surface area (Å²) >= 11 is 0. The van der Waals surface area contributed by atoms with Crippen molar-refractivity contribution < 1.29 is 30.0 Å². The Bertz CT molecular complexity index is 425. The van der Waals surface area contributed by atoms with Gasteiger partial charge >= 0.3 is 15.6 Å². The lowest BCUT2D eigenvalue weighted by Crippen LogP contribution is -2.32.